The van der Waals surface area contributed by atoms with E-state index in [0.717, 1.165) is 0 Å². The van der Waals surface area contributed by atoms with Gasteiger partial charge in [0.2, 0.25) is 0 Å². The van der Waals surface area contributed by atoms with Crippen molar-refractivity contribution in [1.29, 1.82) is 0 Å². The van der Waals surface area contributed by atoms with Gasteiger partial charge >= 0.3 is 11.5 Å². The molecular formula is C11H14F3N3O2S. The van der Waals surface area contributed by atoms with Crippen molar-refractivity contribution in [1.82, 2.24) is 4.98 Å². The predicted molar refractivity (Wildman–Crippen MR) is 71.6 cm³/mol. The van der Waals surface area contributed by atoms with Gasteiger partial charge in [0.05, 0.1) is 17.9 Å². The lowest BCUT2D eigenvalue weighted by atomic mass is 10.2. The van der Waals surface area contributed by atoms with E-state index < -0.39 is 11.5 Å². The maximum absolute atomic E-state index is 11.9. The highest BCUT2D eigenvalue weighted by Crippen LogP contribution is 2.29. The van der Waals surface area contributed by atoms with Crippen LogP contribution in [-0.2, 0) is 4.74 Å². The molecule has 5 nitrogen and oxygen atoms in total. The van der Waals surface area contributed by atoms with Crippen LogP contribution in [0.15, 0.2) is 12.3 Å². The number of carbonyl (C=O) groups is 1. The van der Waals surface area contributed by atoms with E-state index in [-0.39, 0.29) is 47.7 Å². The second-order valence-corrected chi connectivity index (χ2v) is 4.72. The van der Waals surface area contributed by atoms with Crippen LogP contribution >= 0.6 is 11.8 Å². The Morgan fingerprint density at radius 3 is 2.85 bits per heavy atom. The molecule has 0 unspecified atom stereocenters. The van der Waals surface area contributed by atoms with Crippen molar-refractivity contribution >= 4 is 29.2 Å². The Morgan fingerprint density at radius 1 is 1.55 bits per heavy atom. The lowest BCUT2D eigenvalue weighted by Gasteiger charge is -2.11. The normalized spacial score (nSPS) is 11.2. The summed E-state index contributed by atoms with van der Waals surface area (Å²) in [5, 5.41) is 2.66. The Kier molecular flexibility index (Phi) is 5.93. The Labute approximate surface area is 118 Å². The van der Waals surface area contributed by atoms with Crippen LogP contribution in [0.5, 0.6) is 0 Å². The Morgan fingerprint density at radius 2 is 2.25 bits per heavy atom. The van der Waals surface area contributed by atoms with E-state index in [4.69, 9.17) is 10.5 Å². The quantitative estimate of drug-likeness (QED) is 0.621. The number of pyridine rings is 1. The van der Waals surface area contributed by atoms with Crippen LogP contribution in [0.4, 0.5) is 24.7 Å². The number of carbonyl (C=O) groups excluding carboxylic acids is 1. The number of ether oxygens (including phenoxy) is 1. The molecule has 0 bridgehead atoms. The molecule has 0 atom stereocenters. The largest absolute Gasteiger partial charge is 0.462 e. The highest BCUT2D eigenvalue weighted by Gasteiger charge is 2.27. The first-order valence-corrected chi connectivity index (χ1v) is 6.70. The number of nitrogens with two attached hydrogens (primary N) is 1. The van der Waals surface area contributed by atoms with Crippen LogP contribution in [0.3, 0.4) is 0 Å². The van der Waals surface area contributed by atoms with Gasteiger partial charge in [0.25, 0.3) is 0 Å². The number of nitrogen functional groups attached to an aromatic ring is 1. The van der Waals surface area contributed by atoms with Crippen molar-refractivity contribution < 1.29 is 22.7 Å². The molecule has 0 aromatic carbocycles. The fourth-order valence-corrected chi connectivity index (χ4v) is 1.77. The third-order valence-electron chi connectivity index (χ3n) is 2.15. The summed E-state index contributed by atoms with van der Waals surface area (Å²) in [4.78, 5) is 15.4. The maximum Gasteiger partial charge on any atom is 0.441 e. The van der Waals surface area contributed by atoms with Crippen molar-refractivity contribution in [3.8, 4) is 0 Å². The minimum atomic E-state index is -4.27. The van der Waals surface area contributed by atoms with Crippen LogP contribution in [0.1, 0.15) is 17.3 Å². The van der Waals surface area contributed by atoms with Gasteiger partial charge in [0, 0.05) is 18.5 Å². The summed E-state index contributed by atoms with van der Waals surface area (Å²) in [6.45, 7) is 1.88. The topological polar surface area (TPSA) is 77.2 Å². The van der Waals surface area contributed by atoms with Gasteiger partial charge in [-0.15, -0.1) is 0 Å². The van der Waals surface area contributed by atoms with E-state index in [1.165, 1.54) is 12.3 Å². The van der Waals surface area contributed by atoms with Crippen molar-refractivity contribution in [2.45, 2.75) is 12.4 Å². The van der Waals surface area contributed by atoms with Crippen molar-refractivity contribution in [2.24, 2.45) is 0 Å². The molecule has 0 saturated heterocycles. The van der Waals surface area contributed by atoms with Crippen LogP contribution in [0.2, 0.25) is 0 Å². The van der Waals surface area contributed by atoms with Crippen LogP contribution in [-0.4, -0.2) is 35.4 Å². The fraction of sp³-hybridized carbons (Fsp3) is 0.455. The maximum atomic E-state index is 11.9. The molecule has 0 spiro atoms. The molecule has 0 aliphatic carbocycles. The number of alkyl halides is 3. The zero-order valence-electron chi connectivity index (χ0n) is 10.7. The van der Waals surface area contributed by atoms with Gasteiger partial charge in [-0.25, -0.2) is 9.78 Å². The van der Waals surface area contributed by atoms with Crippen molar-refractivity contribution in [2.75, 3.05) is 30.0 Å². The first-order chi connectivity index (χ1) is 9.35. The van der Waals surface area contributed by atoms with Gasteiger partial charge in [-0.1, -0.05) is 0 Å². The predicted octanol–water partition coefficient (Wildman–Crippen LogP) is 2.51. The number of rotatable bonds is 6. The first-order valence-electron chi connectivity index (χ1n) is 5.71. The number of thioether (sulfide) groups is 1. The summed E-state index contributed by atoms with van der Waals surface area (Å²) in [6.07, 6.45) is 1.34. The number of aromatic nitrogens is 1. The average molecular weight is 309 g/mol. The molecule has 0 saturated carbocycles. The van der Waals surface area contributed by atoms with Gasteiger partial charge in [-0.2, -0.15) is 13.2 Å². The zero-order valence-corrected chi connectivity index (χ0v) is 11.5. The number of anilines is 2. The van der Waals surface area contributed by atoms with Crippen LogP contribution in [0.25, 0.3) is 0 Å². The Balaban J connectivity index is 2.63. The highest BCUT2D eigenvalue weighted by molar-refractivity contribution is 8.00. The monoisotopic (exact) mass is 309 g/mol. The molecule has 1 aromatic heterocycles. The van der Waals surface area contributed by atoms with E-state index in [9.17, 15) is 18.0 Å². The summed E-state index contributed by atoms with van der Waals surface area (Å²) in [5.41, 5.74) is 1.65. The fourth-order valence-electron chi connectivity index (χ4n) is 1.34. The lowest BCUT2D eigenvalue weighted by Crippen LogP contribution is -2.14. The van der Waals surface area contributed by atoms with Gasteiger partial charge in [0.1, 0.15) is 5.82 Å². The molecule has 0 amide bonds. The number of halogens is 3. The third-order valence-corrected chi connectivity index (χ3v) is 2.88. The molecule has 112 valence electrons. The van der Waals surface area contributed by atoms with Crippen LogP contribution < -0.4 is 11.1 Å². The molecule has 1 aromatic rings. The molecule has 20 heavy (non-hydrogen) atoms. The Hall–Kier alpha value is -1.64. The number of hydrogen-bond acceptors (Lipinski definition) is 6. The van der Waals surface area contributed by atoms with E-state index in [0.29, 0.717) is 0 Å². The summed E-state index contributed by atoms with van der Waals surface area (Å²) < 4.78 is 40.7. The van der Waals surface area contributed by atoms with Crippen LogP contribution in [0, 0.1) is 0 Å². The van der Waals surface area contributed by atoms with Crippen molar-refractivity contribution in [3.63, 3.8) is 0 Å². The number of hydrogen-bond donors (Lipinski definition) is 2. The molecule has 1 heterocycles. The summed E-state index contributed by atoms with van der Waals surface area (Å²) in [6, 6.07) is 1.39. The molecule has 9 heteroatoms. The molecule has 0 aliphatic heterocycles. The lowest BCUT2D eigenvalue weighted by molar-refractivity contribution is -0.0327. The van der Waals surface area contributed by atoms with E-state index in [1.54, 1.807) is 6.92 Å². The van der Waals surface area contributed by atoms with E-state index in [1.807, 2.05) is 0 Å². The average Bonchev–Trinajstić information content (AvgIpc) is 2.35. The standard InChI is InChI=1S/C11H14F3N3O2S/c1-2-19-10(18)7-3-4-16-9(8(7)15)17-5-6-20-11(12,13)14/h3-4H,2,5-6,15H2,1H3,(H,16,17). The van der Waals surface area contributed by atoms with Gasteiger partial charge in [-0.05, 0) is 24.8 Å². The van der Waals surface area contributed by atoms with E-state index in [2.05, 4.69) is 10.3 Å². The number of esters is 1. The van der Waals surface area contributed by atoms with Gasteiger partial charge < -0.3 is 15.8 Å². The number of nitrogens with one attached hydrogen (secondary N) is 1. The number of nitrogens with zero attached hydrogens (tertiary/aromatic N) is 1. The highest BCUT2D eigenvalue weighted by atomic mass is 32.2. The van der Waals surface area contributed by atoms with E-state index >= 15 is 0 Å². The third kappa shape index (κ3) is 5.16. The molecule has 3 N–H and O–H groups in total. The first kappa shape index (κ1) is 16.4. The van der Waals surface area contributed by atoms with Crippen molar-refractivity contribution in [3.05, 3.63) is 17.8 Å². The van der Waals surface area contributed by atoms with Gasteiger partial charge in [-0.3, -0.25) is 0 Å². The summed E-state index contributed by atoms with van der Waals surface area (Å²) in [7, 11) is 0. The molecular weight excluding hydrogens is 295 g/mol. The minimum absolute atomic E-state index is 0.0215. The smallest absolute Gasteiger partial charge is 0.441 e. The minimum Gasteiger partial charge on any atom is -0.462 e. The SMILES string of the molecule is CCOC(=O)c1ccnc(NCCSC(F)(F)F)c1N. The van der Waals surface area contributed by atoms with Gasteiger partial charge in [0.15, 0.2) is 0 Å². The molecule has 1 rings (SSSR count). The second-order valence-electron chi connectivity index (χ2n) is 3.56. The molecule has 0 fully saturated rings. The molecule has 0 aliphatic rings. The Bertz CT molecular complexity index is 469. The summed E-state index contributed by atoms with van der Waals surface area (Å²) >= 11 is -0.145. The second kappa shape index (κ2) is 7.22. The summed E-state index contributed by atoms with van der Waals surface area (Å²) in [5.74, 6) is -0.618. The molecule has 0 radical (unpaired) electrons. The zero-order chi connectivity index (χ0) is 15.2.